The first-order chi connectivity index (χ1) is 16.0. The van der Waals surface area contributed by atoms with Crippen LogP contribution < -0.4 is 19.7 Å². The van der Waals surface area contributed by atoms with Gasteiger partial charge in [0, 0.05) is 18.3 Å². The van der Waals surface area contributed by atoms with Crippen LogP contribution in [0.3, 0.4) is 0 Å². The maximum atomic E-state index is 15.0. The summed E-state index contributed by atoms with van der Waals surface area (Å²) in [6.07, 6.45) is -1.55. The smallest absolute Gasteiger partial charge is 0.481 e. The van der Waals surface area contributed by atoms with Crippen molar-refractivity contribution in [2.45, 2.75) is 70.4 Å². The Labute approximate surface area is 196 Å². The summed E-state index contributed by atoms with van der Waals surface area (Å²) in [6.45, 7) is 5.73. The molecule has 34 heavy (non-hydrogen) atoms. The molecule has 0 aliphatic carbocycles. The molecule has 2 aliphatic rings. The number of nitrogens with one attached hydrogen (secondary N) is 1. The van der Waals surface area contributed by atoms with Gasteiger partial charge in [-0.3, -0.25) is 4.79 Å². The SMILES string of the molecule is CCC(CC(=O)O)c1ccc(N2CCCC2C(C)(C)F)c(Nc2ccc3c(c2)OC(F)(F)O3)c1. The predicted molar refractivity (Wildman–Crippen MR) is 123 cm³/mol. The molecule has 9 heteroatoms. The van der Waals surface area contributed by atoms with Crippen LogP contribution in [0.1, 0.15) is 57.9 Å². The molecule has 0 spiro atoms. The first-order valence-corrected chi connectivity index (χ1v) is 11.4. The molecule has 184 valence electrons. The molecule has 0 bridgehead atoms. The van der Waals surface area contributed by atoms with Gasteiger partial charge in [0.15, 0.2) is 11.5 Å². The second-order valence-corrected chi connectivity index (χ2v) is 9.35. The highest BCUT2D eigenvalue weighted by molar-refractivity contribution is 5.78. The quantitative estimate of drug-likeness (QED) is 0.455. The zero-order valence-corrected chi connectivity index (χ0v) is 19.4. The van der Waals surface area contributed by atoms with E-state index in [0.717, 1.165) is 17.7 Å². The summed E-state index contributed by atoms with van der Waals surface area (Å²) < 4.78 is 50.9. The summed E-state index contributed by atoms with van der Waals surface area (Å²) in [7, 11) is 0. The van der Waals surface area contributed by atoms with E-state index >= 15 is 0 Å². The molecule has 1 fully saturated rings. The normalized spacial score (nSPS) is 19.8. The number of alkyl halides is 3. The highest BCUT2D eigenvalue weighted by Crippen LogP contribution is 2.44. The van der Waals surface area contributed by atoms with Gasteiger partial charge in [0.2, 0.25) is 0 Å². The Morgan fingerprint density at radius 1 is 1.24 bits per heavy atom. The van der Waals surface area contributed by atoms with Gasteiger partial charge in [0.05, 0.1) is 23.8 Å². The van der Waals surface area contributed by atoms with Gasteiger partial charge in [-0.05, 0) is 68.9 Å². The maximum Gasteiger partial charge on any atom is 0.586 e. The van der Waals surface area contributed by atoms with Crippen molar-refractivity contribution in [3.63, 3.8) is 0 Å². The number of rotatable bonds is 8. The second kappa shape index (κ2) is 8.92. The van der Waals surface area contributed by atoms with E-state index in [2.05, 4.69) is 14.8 Å². The Morgan fingerprint density at radius 3 is 2.65 bits per heavy atom. The van der Waals surface area contributed by atoms with Crippen molar-refractivity contribution >= 4 is 23.0 Å². The van der Waals surface area contributed by atoms with Crippen molar-refractivity contribution in [3.8, 4) is 11.5 Å². The highest BCUT2D eigenvalue weighted by atomic mass is 19.3. The van der Waals surface area contributed by atoms with Gasteiger partial charge >= 0.3 is 12.3 Å². The molecule has 0 amide bonds. The van der Waals surface area contributed by atoms with E-state index < -0.39 is 17.9 Å². The molecule has 2 aromatic carbocycles. The third kappa shape index (κ3) is 5.03. The average Bonchev–Trinajstić information content (AvgIpc) is 3.34. The fourth-order valence-corrected chi connectivity index (χ4v) is 4.82. The molecule has 1 saturated heterocycles. The van der Waals surface area contributed by atoms with Crippen LogP contribution in [0.5, 0.6) is 11.5 Å². The van der Waals surface area contributed by atoms with Crippen molar-refractivity contribution in [2.75, 3.05) is 16.8 Å². The van der Waals surface area contributed by atoms with Crippen LogP contribution in [0.2, 0.25) is 0 Å². The number of nitrogens with zero attached hydrogens (tertiary/aromatic N) is 1. The molecule has 2 heterocycles. The molecule has 2 aromatic rings. The second-order valence-electron chi connectivity index (χ2n) is 9.35. The highest BCUT2D eigenvalue weighted by Gasteiger charge is 2.43. The lowest BCUT2D eigenvalue weighted by Gasteiger charge is -2.35. The first-order valence-electron chi connectivity index (χ1n) is 11.4. The Kier molecular flexibility index (Phi) is 6.31. The van der Waals surface area contributed by atoms with Crippen molar-refractivity contribution < 1.29 is 32.5 Å². The topological polar surface area (TPSA) is 71.0 Å². The number of aliphatic carboxylic acids is 1. The van der Waals surface area contributed by atoms with E-state index in [4.69, 9.17) is 0 Å². The van der Waals surface area contributed by atoms with E-state index in [1.165, 1.54) is 12.1 Å². The molecule has 4 rings (SSSR count). The lowest BCUT2D eigenvalue weighted by molar-refractivity contribution is -0.286. The van der Waals surface area contributed by atoms with E-state index in [-0.39, 0.29) is 29.9 Å². The molecule has 0 saturated carbocycles. The Morgan fingerprint density at radius 2 is 1.97 bits per heavy atom. The predicted octanol–water partition coefficient (Wildman–Crippen LogP) is 6.44. The molecule has 2 aliphatic heterocycles. The van der Waals surface area contributed by atoms with Crippen LogP contribution in [0.15, 0.2) is 36.4 Å². The number of carboxylic acids is 1. The number of ether oxygens (including phenoxy) is 2. The standard InChI is InChI=1S/C25H29F3N2O4/c1-4-15(13-23(31)32)16-7-9-19(30-11-5-6-22(30)24(2,3)26)18(12-16)29-17-8-10-20-21(14-17)34-25(27,28)33-20/h7-10,12,14-15,22,29H,4-6,11,13H2,1-3H3,(H,31,32). The number of hydrogen-bond acceptors (Lipinski definition) is 5. The molecular formula is C25H29F3N2O4. The minimum atomic E-state index is -3.72. The van der Waals surface area contributed by atoms with E-state index in [9.17, 15) is 23.1 Å². The lowest BCUT2D eigenvalue weighted by atomic mass is 9.92. The number of halogens is 3. The van der Waals surface area contributed by atoms with Gasteiger partial charge in [-0.2, -0.15) is 0 Å². The molecule has 0 aromatic heterocycles. The largest absolute Gasteiger partial charge is 0.586 e. The van der Waals surface area contributed by atoms with Crippen LogP contribution in [-0.2, 0) is 4.79 Å². The molecular weight excluding hydrogens is 449 g/mol. The lowest BCUT2D eigenvalue weighted by Crippen LogP contribution is -2.43. The van der Waals surface area contributed by atoms with E-state index in [1.807, 2.05) is 30.0 Å². The Hall–Kier alpha value is -3.10. The Bertz CT molecular complexity index is 1070. The maximum absolute atomic E-state index is 15.0. The average molecular weight is 479 g/mol. The summed E-state index contributed by atoms with van der Waals surface area (Å²) in [5.74, 6) is -1.24. The van der Waals surface area contributed by atoms with Crippen LogP contribution in [0.25, 0.3) is 0 Å². The zero-order chi connectivity index (χ0) is 24.7. The molecule has 2 atom stereocenters. The van der Waals surface area contributed by atoms with Crippen molar-refractivity contribution in [3.05, 3.63) is 42.0 Å². The van der Waals surface area contributed by atoms with Gasteiger partial charge in [0.25, 0.3) is 0 Å². The molecule has 0 radical (unpaired) electrons. The fourth-order valence-electron chi connectivity index (χ4n) is 4.82. The van der Waals surface area contributed by atoms with Crippen molar-refractivity contribution in [1.29, 1.82) is 0 Å². The number of benzene rings is 2. The van der Waals surface area contributed by atoms with Gasteiger partial charge in [-0.1, -0.05) is 13.0 Å². The summed E-state index contributed by atoms with van der Waals surface area (Å²) in [5, 5.41) is 12.6. The van der Waals surface area contributed by atoms with Crippen molar-refractivity contribution in [1.82, 2.24) is 0 Å². The van der Waals surface area contributed by atoms with Gasteiger partial charge in [-0.25, -0.2) is 4.39 Å². The monoisotopic (exact) mass is 478 g/mol. The fraction of sp³-hybridized carbons (Fsp3) is 0.480. The van der Waals surface area contributed by atoms with Gasteiger partial charge in [-0.15, -0.1) is 8.78 Å². The van der Waals surface area contributed by atoms with Crippen molar-refractivity contribution in [2.24, 2.45) is 0 Å². The number of fused-ring (bicyclic) bond motifs is 1. The van der Waals surface area contributed by atoms with Crippen LogP contribution in [0, 0.1) is 0 Å². The summed E-state index contributed by atoms with van der Waals surface area (Å²) in [6, 6.07) is 9.72. The molecule has 2 N–H and O–H groups in total. The Balaban J connectivity index is 1.72. The van der Waals surface area contributed by atoms with Crippen LogP contribution >= 0.6 is 0 Å². The van der Waals surface area contributed by atoms with Crippen LogP contribution in [-0.4, -0.2) is 35.6 Å². The first kappa shape index (κ1) is 24.0. The molecule has 6 nitrogen and oxygen atoms in total. The van der Waals surface area contributed by atoms with Gasteiger partial charge in [0.1, 0.15) is 5.67 Å². The number of hydrogen-bond donors (Lipinski definition) is 2. The third-order valence-corrected chi connectivity index (χ3v) is 6.44. The van der Waals surface area contributed by atoms with Gasteiger partial charge < -0.3 is 24.8 Å². The zero-order valence-electron chi connectivity index (χ0n) is 19.4. The number of anilines is 3. The molecule has 2 unspecified atom stereocenters. The number of carbonyl (C=O) groups is 1. The summed E-state index contributed by atoms with van der Waals surface area (Å²) >= 11 is 0. The van der Waals surface area contributed by atoms with E-state index in [0.29, 0.717) is 30.8 Å². The summed E-state index contributed by atoms with van der Waals surface area (Å²) in [5.41, 5.74) is 1.30. The van der Waals surface area contributed by atoms with Crippen LogP contribution in [0.4, 0.5) is 30.2 Å². The summed E-state index contributed by atoms with van der Waals surface area (Å²) in [4.78, 5) is 13.4. The minimum absolute atomic E-state index is 0.0156. The van der Waals surface area contributed by atoms with E-state index in [1.54, 1.807) is 19.9 Å². The number of carboxylic acid groups (broad SMARTS) is 1. The minimum Gasteiger partial charge on any atom is -0.481 e. The third-order valence-electron chi connectivity index (χ3n) is 6.44.